The number of nitrogens with zero attached hydrogens (tertiary/aromatic N) is 3. The lowest BCUT2D eigenvalue weighted by Crippen LogP contribution is -2.63. The Hall–Kier alpha value is -6.52. The maximum Gasteiger partial charge on any atom is 0.252 e. The van der Waals surface area contributed by atoms with Gasteiger partial charge in [-0.15, -0.1) is 0 Å². The highest BCUT2D eigenvalue weighted by molar-refractivity contribution is 7.00. The Bertz CT molecular complexity index is 2870. The molecule has 0 bridgehead atoms. The molecule has 0 fully saturated rings. The highest BCUT2D eigenvalue weighted by atomic mass is 15.2. The molecule has 7 aromatic rings. The average Bonchev–Trinajstić information content (AvgIpc) is 3.59. The van der Waals surface area contributed by atoms with Gasteiger partial charge in [0.05, 0.1) is 17.4 Å². The second-order valence-electron chi connectivity index (χ2n) is 18.1. The van der Waals surface area contributed by atoms with Gasteiger partial charge in [-0.3, -0.25) is 0 Å². The molecule has 276 valence electrons. The molecular weight excluding hydrogens is 701 g/mol. The lowest BCUT2D eigenvalue weighted by atomic mass is 9.32. The van der Waals surface area contributed by atoms with Crippen molar-refractivity contribution in [1.82, 2.24) is 0 Å². The first-order valence-electron chi connectivity index (χ1n) is 20.9. The molecule has 0 spiro atoms. The van der Waals surface area contributed by atoms with Crippen LogP contribution in [0.3, 0.4) is 0 Å². The van der Waals surface area contributed by atoms with Crippen LogP contribution in [0, 0.1) is 0 Å². The molecule has 7 aromatic carbocycles. The smallest absolute Gasteiger partial charge is 0.252 e. The van der Waals surface area contributed by atoms with Crippen molar-refractivity contribution in [1.29, 1.82) is 0 Å². The van der Waals surface area contributed by atoms with Crippen molar-refractivity contribution in [3.63, 3.8) is 0 Å². The minimum absolute atomic E-state index is 0.0988. The van der Waals surface area contributed by atoms with E-state index in [0.717, 1.165) is 0 Å². The molecule has 0 aromatic heterocycles. The molecule has 13 rings (SSSR count). The minimum atomic E-state index is -0.152. The van der Waals surface area contributed by atoms with Crippen LogP contribution in [0.5, 0.6) is 0 Å². The number of benzene rings is 7. The predicted molar refractivity (Wildman–Crippen MR) is 244 cm³/mol. The zero-order valence-electron chi connectivity index (χ0n) is 33.2. The van der Waals surface area contributed by atoms with Gasteiger partial charge >= 0.3 is 0 Å². The van der Waals surface area contributed by atoms with Crippen LogP contribution in [0.25, 0.3) is 11.1 Å². The zero-order chi connectivity index (χ0) is 38.7. The minimum Gasteiger partial charge on any atom is -0.333 e. The van der Waals surface area contributed by atoms with Crippen molar-refractivity contribution in [2.75, 3.05) is 14.7 Å². The number of rotatable bonds is 2. The van der Waals surface area contributed by atoms with Gasteiger partial charge in [0.15, 0.2) is 0 Å². The Morgan fingerprint density at radius 1 is 0.466 bits per heavy atom. The van der Waals surface area contributed by atoms with Gasteiger partial charge in [0.25, 0.3) is 6.71 Å². The number of hydrogen-bond acceptors (Lipinski definition) is 3. The van der Waals surface area contributed by atoms with Gasteiger partial charge in [-0.25, -0.2) is 0 Å². The summed E-state index contributed by atoms with van der Waals surface area (Å²) >= 11 is 0. The highest BCUT2D eigenvalue weighted by Crippen LogP contribution is 2.57. The molecule has 0 radical (unpaired) electrons. The molecule has 3 nitrogen and oxygen atoms in total. The van der Waals surface area contributed by atoms with E-state index in [-0.39, 0.29) is 23.6 Å². The SMILES string of the molecule is CC1(C)c2ccccc2N2c3cc(-c4ccc(N5c6ccccc6C6C=CC=CC65)cc4)cc4c3B(c3cccc1c32)c1cccc2c1N4c1ccccc1C2(C)C. The highest BCUT2D eigenvalue weighted by Gasteiger charge is 2.51. The lowest BCUT2D eigenvalue weighted by molar-refractivity contribution is 0.632. The standard InChI is InChI=1S/C54H42BN3/c1-53(2)38-17-7-11-25-46(38)57-48-31-34(33-27-29-35(30-28-33)56-44-23-9-5-15-36(44)37-16-6-10-24-45(37)56)32-49-50(48)55(42-21-13-19-40(53)51(42)57)43-22-14-20-41-52(43)58(49)47-26-12-8-18-39(47)54(41,3)4/h5-32,36,44H,1-4H3. The summed E-state index contributed by atoms with van der Waals surface area (Å²) in [5.74, 6) is 0.359. The van der Waals surface area contributed by atoms with E-state index in [1.807, 2.05) is 0 Å². The first kappa shape index (κ1) is 32.6. The van der Waals surface area contributed by atoms with E-state index in [2.05, 4.69) is 212 Å². The Morgan fingerprint density at radius 3 is 1.59 bits per heavy atom. The molecule has 58 heavy (non-hydrogen) atoms. The first-order valence-corrected chi connectivity index (χ1v) is 20.9. The van der Waals surface area contributed by atoms with Gasteiger partial charge in [0.1, 0.15) is 0 Å². The largest absolute Gasteiger partial charge is 0.333 e. The topological polar surface area (TPSA) is 9.72 Å². The average molecular weight is 744 g/mol. The number of fused-ring (bicyclic) bond motifs is 11. The summed E-state index contributed by atoms with van der Waals surface area (Å²) in [7, 11) is 0. The number of anilines is 8. The normalized spacial score (nSPS) is 19.7. The van der Waals surface area contributed by atoms with Crippen LogP contribution in [-0.4, -0.2) is 12.8 Å². The number of allylic oxidation sites excluding steroid dienone is 2. The van der Waals surface area contributed by atoms with Crippen molar-refractivity contribution in [2.45, 2.75) is 50.5 Å². The van der Waals surface area contributed by atoms with Crippen LogP contribution in [0.15, 0.2) is 170 Å². The third-order valence-corrected chi connectivity index (χ3v) is 14.5. The second kappa shape index (κ2) is 11.1. The maximum atomic E-state index is 2.62. The number of para-hydroxylation sites is 5. The van der Waals surface area contributed by atoms with E-state index in [1.165, 1.54) is 101 Å². The Morgan fingerprint density at radius 2 is 0.983 bits per heavy atom. The Kier molecular flexibility index (Phi) is 6.24. The van der Waals surface area contributed by atoms with Crippen LogP contribution in [0.1, 0.15) is 61.4 Å². The van der Waals surface area contributed by atoms with Crippen molar-refractivity contribution in [3.05, 3.63) is 198 Å². The van der Waals surface area contributed by atoms with Crippen LogP contribution < -0.4 is 31.1 Å². The molecule has 2 atom stereocenters. The number of hydrogen-bond donors (Lipinski definition) is 0. The molecule has 0 saturated carbocycles. The van der Waals surface area contributed by atoms with E-state index in [0.29, 0.717) is 5.92 Å². The summed E-state index contributed by atoms with van der Waals surface area (Å²) in [5.41, 5.74) is 23.5. The monoisotopic (exact) mass is 743 g/mol. The van der Waals surface area contributed by atoms with Gasteiger partial charge in [-0.1, -0.05) is 155 Å². The van der Waals surface area contributed by atoms with Crippen LogP contribution in [-0.2, 0) is 10.8 Å². The van der Waals surface area contributed by atoms with Crippen molar-refractivity contribution in [3.8, 4) is 11.1 Å². The lowest BCUT2D eigenvalue weighted by Gasteiger charge is -2.52. The van der Waals surface area contributed by atoms with Crippen LogP contribution >= 0.6 is 0 Å². The fraction of sp³-hybridized carbons (Fsp3) is 0.148. The van der Waals surface area contributed by atoms with Gasteiger partial charge in [0, 0.05) is 50.9 Å². The molecule has 0 amide bonds. The third-order valence-electron chi connectivity index (χ3n) is 14.5. The summed E-state index contributed by atoms with van der Waals surface area (Å²) in [5, 5.41) is 0. The van der Waals surface area contributed by atoms with Gasteiger partial charge in [-0.05, 0) is 97.8 Å². The van der Waals surface area contributed by atoms with Crippen molar-refractivity contribution in [2.24, 2.45) is 0 Å². The third kappa shape index (κ3) is 3.96. The van der Waals surface area contributed by atoms with Gasteiger partial charge in [0.2, 0.25) is 0 Å². The summed E-state index contributed by atoms with van der Waals surface area (Å²) in [4.78, 5) is 7.77. The molecule has 0 N–H and O–H groups in total. The maximum absolute atomic E-state index is 2.62. The van der Waals surface area contributed by atoms with E-state index < -0.39 is 0 Å². The van der Waals surface area contributed by atoms with Gasteiger partial charge in [-0.2, -0.15) is 0 Å². The zero-order valence-corrected chi connectivity index (χ0v) is 33.2. The fourth-order valence-electron chi connectivity index (χ4n) is 11.9. The molecule has 5 heterocycles. The summed E-state index contributed by atoms with van der Waals surface area (Å²) in [6.45, 7) is 9.73. The Labute approximate surface area is 341 Å². The summed E-state index contributed by atoms with van der Waals surface area (Å²) in [6.07, 6.45) is 9.12. The molecule has 0 saturated heterocycles. The second-order valence-corrected chi connectivity index (χ2v) is 18.1. The van der Waals surface area contributed by atoms with E-state index >= 15 is 0 Å². The first-order chi connectivity index (χ1) is 28.3. The quantitative estimate of drug-likeness (QED) is 0.163. The van der Waals surface area contributed by atoms with E-state index in [9.17, 15) is 0 Å². The van der Waals surface area contributed by atoms with E-state index in [1.54, 1.807) is 0 Å². The molecule has 1 aliphatic carbocycles. The predicted octanol–water partition coefficient (Wildman–Crippen LogP) is 11.4. The molecule has 4 heteroatoms. The van der Waals surface area contributed by atoms with Gasteiger partial charge < -0.3 is 14.7 Å². The molecule has 6 aliphatic rings. The van der Waals surface area contributed by atoms with Crippen molar-refractivity contribution >= 4 is 68.6 Å². The molecular formula is C54H42BN3. The molecule has 5 aliphatic heterocycles. The molecule has 2 unspecified atom stereocenters. The van der Waals surface area contributed by atoms with Crippen molar-refractivity contribution < 1.29 is 0 Å². The van der Waals surface area contributed by atoms with Crippen LogP contribution in [0.4, 0.5) is 45.5 Å². The van der Waals surface area contributed by atoms with Crippen LogP contribution in [0.2, 0.25) is 0 Å². The Balaban J connectivity index is 1.07. The fourth-order valence-corrected chi connectivity index (χ4v) is 11.9. The summed E-state index contributed by atoms with van der Waals surface area (Å²) < 4.78 is 0. The summed E-state index contributed by atoms with van der Waals surface area (Å²) in [6, 6.07) is 56.0. The van der Waals surface area contributed by atoms with E-state index in [4.69, 9.17) is 0 Å².